The summed E-state index contributed by atoms with van der Waals surface area (Å²) in [6.07, 6.45) is 2.68. The minimum Gasteiger partial charge on any atom is -0.367 e. The summed E-state index contributed by atoms with van der Waals surface area (Å²) in [4.78, 5) is 16.8. The van der Waals surface area contributed by atoms with E-state index in [0.29, 0.717) is 17.4 Å². The van der Waals surface area contributed by atoms with E-state index in [9.17, 15) is 0 Å². The molecule has 1 unspecified atom stereocenters. The number of hydrogen-bond acceptors (Lipinski definition) is 6. The summed E-state index contributed by atoms with van der Waals surface area (Å²) in [5, 5.41) is 3.73. The largest absolute Gasteiger partial charge is 0.367 e. The molecule has 180 valence electrons. The molecule has 2 aromatic rings. The standard InChI is InChI=1S/C27H42N6/c1-20(23-12-13-27(23,3)4)21(2)28-24-18-25(31(5)6)30-26(29-24)33-16-14-32(15-17-33)19-22-10-8-7-9-11-22/h7-11,18,20-21,23H,12-17,19H2,1-6H3,(H,28,29,30)/t20-,21+,23?/m0/s1. The van der Waals surface area contributed by atoms with Crippen LogP contribution in [-0.4, -0.2) is 61.2 Å². The molecule has 4 rings (SSSR count). The van der Waals surface area contributed by atoms with E-state index < -0.39 is 0 Å². The van der Waals surface area contributed by atoms with Gasteiger partial charge in [0, 0.05) is 58.9 Å². The lowest BCUT2D eigenvalue weighted by atomic mass is 9.57. The van der Waals surface area contributed by atoms with E-state index >= 15 is 0 Å². The summed E-state index contributed by atoms with van der Waals surface area (Å²) >= 11 is 0. The van der Waals surface area contributed by atoms with Gasteiger partial charge in [-0.3, -0.25) is 4.90 Å². The smallest absolute Gasteiger partial charge is 0.229 e. The third kappa shape index (κ3) is 5.60. The normalized spacial score (nSPS) is 22.4. The lowest BCUT2D eigenvalue weighted by Crippen LogP contribution is -2.46. The molecule has 6 heteroatoms. The van der Waals surface area contributed by atoms with Crippen molar-refractivity contribution in [2.24, 2.45) is 17.3 Å². The number of aromatic nitrogens is 2. The molecular weight excluding hydrogens is 408 g/mol. The molecule has 1 N–H and O–H groups in total. The van der Waals surface area contributed by atoms with Gasteiger partial charge >= 0.3 is 0 Å². The van der Waals surface area contributed by atoms with Gasteiger partial charge < -0.3 is 15.1 Å². The van der Waals surface area contributed by atoms with Crippen molar-refractivity contribution in [1.29, 1.82) is 0 Å². The van der Waals surface area contributed by atoms with Crippen molar-refractivity contribution in [2.75, 3.05) is 55.4 Å². The fourth-order valence-corrected chi connectivity index (χ4v) is 5.39. The van der Waals surface area contributed by atoms with Gasteiger partial charge in [-0.05, 0) is 42.6 Å². The molecule has 1 aromatic carbocycles. The molecule has 0 bridgehead atoms. The van der Waals surface area contributed by atoms with E-state index in [2.05, 4.69) is 98.2 Å². The van der Waals surface area contributed by atoms with Crippen LogP contribution in [0.4, 0.5) is 17.6 Å². The molecule has 33 heavy (non-hydrogen) atoms. The number of nitrogens with one attached hydrogen (secondary N) is 1. The Labute approximate surface area is 200 Å². The van der Waals surface area contributed by atoms with Crippen LogP contribution in [0, 0.1) is 17.3 Å². The highest BCUT2D eigenvalue weighted by Gasteiger charge is 2.43. The van der Waals surface area contributed by atoms with E-state index in [1.54, 1.807) is 0 Å². The third-order valence-electron chi connectivity index (χ3n) is 7.97. The van der Waals surface area contributed by atoms with E-state index in [4.69, 9.17) is 9.97 Å². The van der Waals surface area contributed by atoms with Crippen molar-refractivity contribution < 1.29 is 0 Å². The highest BCUT2D eigenvalue weighted by molar-refractivity contribution is 5.54. The zero-order chi connectivity index (χ0) is 23.6. The van der Waals surface area contributed by atoms with Crippen LogP contribution in [0.1, 0.15) is 46.1 Å². The van der Waals surface area contributed by atoms with Crippen LogP contribution in [-0.2, 0) is 6.54 Å². The Bertz CT molecular complexity index is 904. The van der Waals surface area contributed by atoms with Crippen molar-refractivity contribution in [1.82, 2.24) is 14.9 Å². The second kappa shape index (κ2) is 9.88. The zero-order valence-corrected chi connectivity index (χ0v) is 21.4. The minimum atomic E-state index is 0.370. The summed E-state index contributed by atoms with van der Waals surface area (Å²) in [6.45, 7) is 14.5. The summed E-state index contributed by atoms with van der Waals surface area (Å²) < 4.78 is 0. The molecule has 1 saturated heterocycles. The van der Waals surface area contributed by atoms with Crippen molar-refractivity contribution in [3.63, 3.8) is 0 Å². The Hall–Kier alpha value is -2.34. The fourth-order valence-electron chi connectivity index (χ4n) is 5.39. The molecule has 0 spiro atoms. The maximum Gasteiger partial charge on any atom is 0.229 e. The molecule has 3 atom stereocenters. The summed E-state index contributed by atoms with van der Waals surface area (Å²) in [6, 6.07) is 13.2. The zero-order valence-electron chi connectivity index (χ0n) is 21.4. The van der Waals surface area contributed by atoms with Crippen molar-refractivity contribution in [2.45, 2.75) is 53.1 Å². The fraction of sp³-hybridized carbons (Fsp3) is 0.630. The number of piperazine rings is 1. The first-order valence-corrected chi connectivity index (χ1v) is 12.6. The van der Waals surface area contributed by atoms with Crippen molar-refractivity contribution in [3.05, 3.63) is 42.0 Å². The molecular formula is C27H42N6. The van der Waals surface area contributed by atoms with Gasteiger partial charge in [-0.1, -0.05) is 51.1 Å². The first kappa shape index (κ1) is 23.8. The lowest BCUT2D eigenvalue weighted by Gasteiger charge is -2.49. The molecule has 2 aliphatic rings. The molecule has 1 aromatic heterocycles. The lowest BCUT2D eigenvalue weighted by molar-refractivity contribution is 0.0212. The number of nitrogens with zero attached hydrogens (tertiary/aromatic N) is 5. The van der Waals surface area contributed by atoms with Crippen LogP contribution in [0.25, 0.3) is 0 Å². The maximum absolute atomic E-state index is 4.97. The van der Waals surface area contributed by atoms with Crippen LogP contribution in [0.5, 0.6) is 0 Å². The van der Waals surface area contributed by atoms with E-state index in [1.165, 1.54) is 18.4 Å². The monoisotopic (exact) mass is 450 g/mol. The molecule has 0 radical (unpaired) electrons. The molecule has 6 nitrogen and oxygen atoms in total. The van der Waals surface area contributed by atoms with Crippen LogP contribution in [0.2, 0.25) is 0 Å². The SMILES string of the molecule is C[C@H](C1CCC1(C)C)[C@@H](C)Nc1cc(N(C)C)nc(N2CCN(Cc3ccccc3)CC2)n1. The van der Waals surface area contributed by atoms with Gasteiger partial charge in [-0.15, -0.1) is 0 Å². The van der Waals surface area contributed by atoms with Crippen molar-refractivity contribution >= 4 is 17.6 Å². The summed E-state index contributed by atoms with van der Waals surface area (Å²) in [7, 11) is 4.10. The number of hydrogen-bond donors (Lipinski definition) is 1. The van der Waals surface area contributed by atoms with Gasteiger partial charge in [0.2, 0.25) is 5.95 Å². The average Bonchev–Trinajstić information content (AvgIpc) is 2.79. The Morgan fingerprint density at radius 2 is 1.76 bits per heavy atom. The maximum atomic E-state index is 4.97. The molecule has 2 heterocycles. The Kier molecular flexibility index (Phi) is 7.13. The number of rotatable bonds is 8. The predicted molar refractivity (Wildman–Crippen MR) is 139 cm³/mol. The van der Waals surface area contributed by atoms with E-state index in [1.807, 2.05) is 0 Å². The van der Waals surface area contributed by atoms with Gasteiger partial charge in [0.25, 0.3) is 0 Å². The Morgan fingerprint density at radius 3 is 2.33 bits per heavy atom. The summed E-state index contributed by atoms with van der Waals surface area (Å²) in [5.41, 5.74) is 1.83. The van der Waals surface area contributed by atoms with Gasteiger partial charge in [0.1, 0.15) is 11.6 Å². The van der Waals surface area contributed by atoms with Crippen LogP contribution >= 0.6 is 0 Å². The second-order valence-electron chi connectivity index (χ2n) is 11.0. The highest BCUT2D eigenvalue weighted by atomic mass is 15.3. The summed E-state index contributed by atoms with van der Waals surface area (Å²) in [5.74, 6) is 4.11. The van der Waals surface area contributed by atoms with Crippen LogP contribution < -0.4 is 15.1 Å². The average molecular weight is 451 g/mol. The molecule has 1 saturated carbocycles. The number of benzene rings is 1. The topological polar surface area (TPSA) is 47.5 Å². The van der Waals surface area contributed by atoms with E-state index in [0.717, 1.165) is 56.2 Å². The van der Waals surface area contributed by atoms with E-state index in [-0.39, 0.29) is 0 Å². The predicted octanol–water partition coefficient (Wildman–Crippen LogP) is 4.74. The van der Waals surface area contributed by atoms with Gasteiger partial charge in [0.05, 0.1) is 0 Å². The van der Waals surface area contributed by atoms with Crippen molar-refractivity contribution in [3.8, 4) is 0 Å². The second-order valence-corrected chi connectivity index (χ2v) is 11.0. The van der Waals surface area contributed by atoms with Gasteiger partial charge in [-0.25, -0.2) is 0 Å². The first-order chi connectivity index (χ1) is 15.7. The minimum absolute atomic E-state index is 0.370. The first-order valence-electron chi connectivity index (χ1n) is 12.6. The Morgan fingerprint density at radius 1 is 1.06 bits per heavy atom. The molecule has 0 amide bonds. The van der Waals surface area contributed by atoms with Gasteiger partial charge in [-0.2, -0.15) is 9.97 Å². The van der Waals surface area contributed by atoms with Crippen LogP contribution in [0.3, 0.4) is 0 Å². The van der Waals surface area contributed by atoms with Gasteiger partial charge in [0.15, 0.2) is 0 Å². The third-order valence-corrected chi connectivity index (χ3v) is 7.97. The highest BCUT2D eigenvalue weighted by Crippen LogP contribution is 2.50. The molecule has 1 aliphatic carbocycles. The Balaban J connectivity index is 1.42. The molecule has 2 fully saturated rings. The quantitative estimate of drug-likeness (QED) is 0.627. The molecule has 1 aliphatic heterocycles. The van der Waals surface area contributed by atoms with Crippen LogP contribution in [0.15, 0.2) is 36.4 Å². The number of anilines is 3.